The maximum atomic E-state index is 5.71. The molecule has 0 saturated heterocycles. The molecule has 138 valence electrons. The zero-order chi connectivity index (χ0) is 18.1. The highest BCUT2D eigenvalue weighted by Crippen LogP contribution is 2.11. The van der Waals surface area contributed by atoms with Crippen molar-refractivity contribution in [2.75, 3.05) is 66.6 Å². The maximum absolute atomic E-state index is 5.71. The molecule has 24 heavy (non-hydrogen) atoms. The Bertz CT molecular complexity index is 414. The molecule has 1 heterocycles. The fourth-order valence-electron chi connectivity index (χ4n) is 2.28. The van der Waals surface area contributed by atoms with Crippen molar-refractivity contribution >= 4 is 0 Å². The molecule has 0 N–H and O–H groups in total. The van der Waals surface area contributed by atoms with Gasteiger partial charge in [-0.25, -0.2) is 0 Å². The van der Waals surface area contributed by atoms with Crippen LogP contribution in [0.4, 0.5) is 0 Å². The predicted octanol–water partition coefficient (Wildman–Crippen LogP) is 2.21. The van der Waals surface area contributed by atoms with Crippen LogP contribution >= 0.6 is 0 Å². The molecule has 1 aromatic rings. The van der Waals surface area contributed by atoms with Gasteiger partial charge in [0, 0.05) is 12.1 Å². The summed E-state index contributed by atoms with van der Waals surface area (Å²) in [6.45, 7) is 16.5. The van der Waals surface area contributed by atoms with E-state index in [0.717, 1.165) is 48.2 Å². The van der Waals surface area contributed by atoms with E-state index in [1.807, 2.05) is 12.1 Å². The van der Waals surface area contributed by atoms with Crippen molar-refractivity contribution in [3.63, 3.8) is 0 Å². The lowest BCUT2D eigenvalue weighted by atomic mass is 10.4. The highest BCUT2D eigenvalue weighted by atomic mass is 16.5. The topological polar surface area (TPSA) is 44.2 Å². The predicted molar refractivity (Wildman–Crippen MR) is 97.3 cm³/mol. The summed E-state index contributed by atoms with van der Waals surface area (Å²) in [6, 6.07) is 3.66. The van der Waals surface area contributed by atoms with Crippen LogP contribution in [0.25, 0.3) is 0 Å². The number of nitrogens with zero attached hydrogens (tertiary/aromatic N) is 4. The molecule has 0 unspecified atom stereocenters. The Morgan fingerprint density at radius 1 is 0.708 bits per heavy atom. The number of ether oxygens (including phenoxy) is 2. The van der Waals surface area contributed by atoms with E-state index in [2.05, 4.69) is 52.0 Å². The number of hydrogen-bond acceptors (Lipinski definition) is 4. The van der Waals surface area contributed by atoms with Crippen LogP contribution in [-0.4, -0.2) is 85.7 Å². The molecule has 0 amide bonds. The molecule has 0 atom stereocenters. The van der Waals surface area contributed by atoms with Crippen LogP contribution in [-0.2, 0) is 0 Å². The Kier molecular flexibility index (Phi) is 8.42. The first-order valence-electron chi connectivity index (χ1n) is 9.16. The van der Waals surface area contributed by atoms with Crippen molar-refractivity contribution in [3.8, 4) is 11.8 Å². The molecule has 1 aromatic heterocycles. The highest BCUT2D eigenvalue weighted by molar-refractivity contribution is 5.15. The molecule has 0 aliphatic carbocycles. The van der Waals surface area contributed by atoms with Crippen molar-refractivity contribution in [2.45, 2.75) is 27.7 Å². The van der Waals surface area contributed by atoms with E-state index in [4.69, 9.17) is 9.47 Å². The Hall–Kier alpha value is -1.40. The average molecular weight is 341 g/mol. The fraction of sp³-hybridized carbons (Fsp3) is 0.778. The average Bonchev–Trinajstić information content (AvgIpc) is 2.62. The van der Waals surface area contributed by atoms with Crippen LogP contribution in [0.15, 0.2) is 12.1 Å². The van der Waals surface area contributed by atoms with Crippen molar-refractivity contribution in [1.29, 1.82) is 0 Å². The van der Waals surface area contributed by atoms with Gasteiger partial charge in [-0.15, -0.1) is 10.2 Å². The van der Waals surface area contributed by atoms with Crippen molar-refractivity contribution < 1.29 is 18.4 Å². The van der Waals surface area contributed by atoms with E-state index < -0.39 is 0 Å². The second-order valence-corrected chi connectivity index (χ2v) is 6.86. The minimum atomic E-state index is 0.559. The second kappa shape index (κ2) is 9.79. The van der Waals surface area contributed by atoms with Crippen LogP contribution in [0.5, 0.6) is 11.8 Å². The zero-order valence-corrected chi connectivity index (χ0v) is 16.4. The first-order valence-corrected chi connectivity index (χ1v) is 9.16. The summed E-state index contributed by atoms with van der Waals surface area (Å²) >= 11 is 0. The third-order valence-electron chi connectivity index (χ3n) is 5.43. The molecule has 6 nitrogen and oxygen atoms in total. The van der Waals surface area contributed by atoms with Gasteiger partial charge >= 0.3 is 0 Å². The number of hydrogen-bond donors (Lipinski definition) is 0. The molecule has 0 aliphatic rings. The fourth-order valence-corrected chi connectivity index (χ4v) is 2.28. The third kappa shape index (κ3) is 6.61. The van der Waals surface area contributed by atoms with Crippen LogP contribution in [0, 0.1) is 0 Å². The van der Waals surface area contributed by atoms with Gasteiger partial charge in [0.05, 0.1) is 40.3 Å². The second-order valence-electron chi connectivity index (χ2n) is 6.86. The molecule has 0 aliphatic heterocycles. The first kappa shape index (κ1) is 20.6. The Labute approximate surface area is 147 Å². The van der Waals surface area contributed by atoms with Crippen LogP contribution in [0.3, 0.4) is 0 Å². The number of rotatable bonds is 12. The smallest absolute Gasteiger partial charge is 0.233 e. The summed E-state index contributed by atoms with van der Waals surface area (Å²) in [4.78, 5) is 0. The van der Waals surface area contributed by atoms with E-state index in [9.17, 15) is 0 Å². The Balaban J connectivity index is 2.38. The Morgan fingerprint density at radius 2 is 1.04 bits per heavy atom. The molecule has 6 heteroatoms. The molecule has 1 rings (SSSR count). The van der Waals surface area contributed by atoms with Gasteiger partial charge in [-0.05, 0) is 27.7 Å². The number of quaternary nitrogens is 2. The largest absolute Gasteiger partial charge is 0.471 e. The first-order chi connectivity index (χ1) is 11.4. The van der Waals surface area contributed by atoms with Gasteiger partial charge in [-0.3, -0.25) is 0 Å². The summed E-state index contributed by atoms with van der Waals surface area (Å²) in [5.74, 6) is 1.12. The van der Waals surface area contributed by atoms with Crippen molar-refractivity contribution in [3.05, 3.63) is 12.1 Å². The van der Waals surface area contributed by atoms with Gasteiger partial charge in [0.25, 0.3) is 0 Å². The van der Waals surface area contributed by atoms with Crippen LogP contribution in [0.2, 0.25) is 0 Å². The molecule has 0 saturated carbocycles. The highest BCUT2D eigenvalue weighted by Gasteiger charge is 2.17. The standard InChI is InChI=1S/C18H36N4O2/c1-7-21(5,8-2)13-15-23-17-11-12-18(20-19-17)24-16-14-22(6,9-3)10-4/h11-12H,7-10,13-16H2,1-6H3/q+2. The van der Waals surface area contributed by atoms with E-state index in [0.29, 0.717) is 25.0 Å². The van der Waals surface area contributed by atoms with E-state index in [1.54, 1.807) is 0 Å². The SMILES string of the molecule is CC[N+](C)(CC)CCOc1ccc(OCC[N+](C)(CC)CC)nn1. The summed E-state index contributed by atoms with van der Waals surface area (Å²) in [5, 5.41) is 8.19. The normalized spacial score (nSPS) is 12.2. The minimum Gasteiger partial charge on any atom is -0.471 e. The maximum Gasteiger partial charge on any atom is 0.233 e. The lowest BCUT2D eigenvalue weighted by Gasteiger charge is -2.31. The number of likely N-dealkylation sites (N-methyl/N-ethyl adjacent to an activating group) is 2. The summed E-state index contributed by atoms with van der Waals surface area (Å²) in [6.07, 6.45) is 0. The van der Waals surface area contributed by atoms with Crippen molar-refractivity contribution in [2.24, 2.45) is 0 Å². The molecular formula is C18H36N4O2+2. The van der Waals surface area contributed by atoms with E-state index in [-0.39, 0.29) is 0 Å². The van der Waals surface area contributed by atoms with Crippen molar-refractivity contribution in [1.82, 2.24) is 10.2 Å². The van der Waals surface area contributed by atoms with E-state index in [1.165, 1.54) is 0 Å². The molecule has 0 radical (unpaired) electrons. The summed E-state index contributed by atoms with van der Waals surface area (Å²) in [7, 11) is 4.48. The van der Waals surface area contributed by atoms with E-state index >= 15 is 0 Å². The van der Waals surface area contributed by atoms with Crippen LogP contribution in [0.1, 0.15) is 27.7 Å². The zero-order valence-electron chi connectivity index (χ0n) is 16.4. The minimum absolute atomic E-state index is 0.559. The van der Waals surface area contributed by atoms with Gasteiger partial charge < -0.3 is 18.4 Å². The number of aromatic nitrogens is 2. The third-order valence-corrected chi connectivity index (χ3v) is 5.43. The quantitative estimate of drug-likeness (QED) is 0.547. The van der Waals surface area contributed by atoms with Gasteiger partial charge in [0.15, 0.2) is 0 Å². The van der Waals surface area contributed by atoms with Gasteiger partial charge in [-0.1, -0.05) is 0 Å². The molecule has 0 aromatic carbocycles. The molecule has 0 spiro atoms. The molecule has 0 fully saturated rings. The van der Waals surface area contributed by atoms with Gasteiger partial charge in [0.1, 0.15) is 26.3 Å². The summed E-state index contributed by atoms with van der Waals surface area (Å²) < 4.78 is 13.4. The summed E-state index contributed by atoms with van der Waals surface area (Å²) in [5.41, 5.74) is 0. The molecular weight excluding hydrogens is 304 g/mol. The Morgan fingerprint density at radius 3 is 1.29 bits per heavy atom. The lowest BCUT2D eigenvalue weighted by molar-refractivity contribution is -0.906. The van der Waals surface area contributed by atoms with Crippen LogP contribution < -0.4 is 9.47 Å². The van der Waals surface area contributed by atoms with Gasteiger partial charge in [-0.2, -0.15) is 0 Å². The molecule has 0 bridgehead atoms. The lowest BCUT2D eigenvalue weighted by Crippen LogP contribution is -2.46. The monoisotopic (exact) mass is 340 g/mol. The van der Waals surface area contributed by atoms with Gasteiger partial charge in [0.2, 0.25) is 11.8 Å².